The van der Waals surface area contributed by atoms with E-state index < -0.39 is 6.10 Å². The van der Waals surface area contributed by atoms with Crippen LogP contribution in [0.1, 0.15) is 13.3 Å². The zero-order chi connectivity index (χ0) is 17.6. The maximum Gasteiger partial charge on any atom is 0.278 e. The number of hydrogen-bond donors (Lipinski definition) is 0. The molecule has 2 heterocycles. The second-order valence-corrected chi connectivity index (χ2v) is 5.76. The lowest BCUT2D eigenvalue weighted by Crippen LogP contribution is -2.40. The standard InChI is InChI=1S/C18H21N3O4/c1-13(24-14-6-4-3-5-7-14)18(22)21-11-8-15(12-21)25-17-16(23-2)19-9-10-20-17/h3-7,9-10,13,15H,8,11-12H2,1-2H3/t13-,15+/m0/s1. The number of likely N-dealkylation sites (tertiary alicyclic amines) is 1. The van der Waals surface area contributed by atoms with Crippen LogP contribution in [0.2, 0.25) is 0 Å². The fourth-order valence-electron chi connectivity index (χ4n) is 2.73. The molecule has 0 aliphatic carbocycles. The summed E-state index contributed by atoms with van der Waals surface area (Å²) in [5, 5.41) is 0. The third-order valence-electron chi connectivity index (χ3n) is 3.97. The van der Waals surface area contributed by atoms with Crippen molar-refractivity contribution in [1.29, 1.82) is 0 Å². The van der Waals surface area contributed by atoms with Crippen LogP contribution < -0.4 is 14.2 Å². The van der Waals surface area contributed by atoms with E-state index in [4.69, 9.17) is 14.2 Å². The van der Waals surface area contributed by atoms with Gasteiger partial charge in [0.25, 0.3) is 17.7 Å². The summed E-state index contributed by atoms with van der Waals surface area (Å²) in [4.78, 5) is 22.5. The van der Waals surface area contributed by atoms with Crippen LogP contribution in [0.15, 0.2) is 42.7 Å². The van der Waals surface area contributed by atoms with Gasteiger partial charge in [-0.05, 0) is 19.1 Å². The van der Waals surface area contributed by atoms with Gasteiger partial charge in [-0.25, -0.2) is 9.97 Å². The van der Waals surface area contributed by atoms with E-state index in [9.17, 15) is 4.79 Å². The average molecular weight is 343 g/mol. The van der Waals surface area contributed by atoms with Crippen molar-refractivity contribution in [3.63, 3.8) is 0 Å². The molecule has 3 rings (SSSR count). The number of aromatic nitrogens is 2. The van der Waals surface area contributed by atoms with Crippen molar-refractivity contribution in [3.8, 4) is 17.5 Å². The molecule has 0 spiro atoms. The summed E-state index contributed by atoms with van der Waals surface area (Å²) in [6.07, 6.45) is 3.12. The lowest BCUT2D eigenvalue weighted by molar-refractivity contribution is -0.137. The Morgan fingerprint density at radius 2 is 1.92 bits per heavy atom. The third kappa shape index (κ3) is 4.17. The quantitative estimate of drug-likeness (QED) is 0.798. The predicted molar refractivity (Wildman–Crippen MR) is 90.7 cm³/mol. The zero-order valence-corrected chi connectivity index (χ0v) is 14.3. The molecule has 0 bridgehead atoms. The van der Waals surface area contributed by atoms with Gasteiger partial charge in [-0.2, -0.15) is 0 Å². The fourth-order valence-corrected chi connectivity index (χ4v) is 2.73. The van der Waals surface area contributed by atoms with Gasteiger partial charge >= 0.3 is 0 Å². The molecule has 1 aromatic heterocycles. The molecule has 1 fully saturated rings. The first-order chi connectivity index (χ1) is 12.2. The van der Waals surface area contributed by atoms with Crippen LogP contribution in [0.3, 0.4) is 0 Å². The minimum atomic E-state index is -0.549. The Kier molecular flexibility index (Phi) is 5.33. The highest BCUT2D eigenvalue weighted by Crippen LogP contribution is 2.24. The lowest BCUT2D eigenvalue weighted by Gasteiger charge is -2.22. The molecule has 1 aliphatic heterocycles. The smallest absolute Gasteiger partial charge is 0.278 e. The number of carbonyl (C=O) groups excluding carboxylic acids is 1. The number of rotatable bonds is 6. The number of hydrogen-bond acceptors (Lipinski definition) is 6. The molecule has 25 heavy (non-hydrogen) atoms. The van der Waals surface area contributed by atoms with E-state index in [2.05, 4.69) is 9.97 Å². The number of amides is 1. The molecule has 0 unspecified atom stereocenters. The lowest BCUT2D eigenvalue weighted by atomic mass is 10.3. The Bertz CT molecular complexity index is 710. The van der Waals surface area contributed by atoms with Crippen LogP contribution in [0, 0.1) is 0 Å². The first-order valence-electron chi connectivity index (χ1n) is 8.19. The number of para-hydroxylation sites is 1. The minimum absolute atomic E-state index is 0.0546. The van der Waals surface area contributed by atoms with Crippen LogP contribution in [0.25, 0.3) is 0 Å². The van der Waals surface area contributed by atoms with Gasteiger partial charge in [0, 0.05) is 25.4 Å². The number of nitrogens with zero attached hydrogens (tertiary/aromatic N) is 3. The molecule has 132 valence electrons. The number of methoxy groups -OCH3 is 1. The Morgan fingerprint density at radius 1 is 1.20 bits per heavy atom. The van der Waals surface area contributed by atoms with Crippen molar-refractivity contribution < 1.29 is 19.0 Å². The van der Waals surface area contributed by atoms with Gasteiger partial charge in [-0.1, -0.05) is 18.2 Å². The van der Waals surface area contributed by atoms with Gasteiger partial charge in [0.05, 0.1) is 13.7 Å². The summed E-state index contributed by atoms with van der Waals surface area (Å²) in [5.74, 6) is 1.31. The maximum absolute atomic E-state index is 12.6. The summed E-state index contributed by atoms with van der Waals surface area (Å²) in [6, 6.07) is 9.32. The molecule has 2 aromatic rings. The van der Waals surface area contributed by atoms with E-state index in [0.717, 1.165) is 6.42 Å². The molecule has 1 amide bonds. The van der Waals surface area contributed by atoms with Gasteiger partial charge in [-0.3, -0.25) is 4.79 Å². The molecule has 0 N–H and O–H groups in total. The van der Waals surface area contributed by atoms with E-state index in [-0.39, 0.29) is 12.0 Å². The summed E-state index contributed by atoms with van der Waals surface area (Å²) >= 11 is 0. The van der Waals surface area contributed by atoms with Gasteiger partial charge in [0.1, 0.15) is 11.9 Å². The molecule has 7 heteroatoms. The largest absolute Gasteiger partial charge is 0.481 e. The van der Waals surface area contributed by atoms with E-state index in [0.29, 0.717) is 30.6 Å². The SMILES string of the molecule is COc1nccnc1O[C@@H]1CCN(C(=O)[C@H](C)Oc2ccccc2)C1. The first kappa shape index (κ1) is 17.0. The monoisotopic (exact) mass is 343 g/mol. The molecular formula is C18H21N3O4. The van der Waals surface area contributed by atoms with E-state index >= 15 is 0 Å². The highest BCUT2D eigenvalue weighted by molar-refractivity contribution is 5.81. The van der Waals surface area contributed by atoms with E-state index in [1.807, 2.05) is 30.3 Å². The van der Waals surface area contributed by atoms with Crippen molar-refractivity contribution in [2.75, 3.05) is 20.2 Å². The number of ether oxygens (including phenoxy) is 3. The van der Waals surface area contributed by atoms with Crippen LogP contribution in [-0.4, -0.2) is 53.2 Å². The first-order valence-corrected chi connectivity index (χ1v) is 8.19. The highest BCUT2D eigenvalue weighted by Gasteiger charge is 2.31. The van der Waals surface area contributed by atoms with E-state index in [1.54, 1.807) is 24.2 Å². The van der Waals surface area contributed by atoms with Crippen molar-refractivity contribution >= 4 is 5.91 Å². The van der Waals surface area contributed by atoms with Gasteiger partial charge in [0.2, 0.25) is 0 Å². The summed E-state index contributed by atoms with van der Waals surface area (Å²) in [5.41, 5.74) is 0. The Hall–Kier alpha value is -2.83. The molecule has 0 radical (unpaired) electrons. The maximum atomic E-state index is 12.6. The Labute approximate surface area is 146 Å². The number of carbonyl (C=O) groups is 1. The summed E-state index contributed by atoms with van der Waals surface area (Å²) < 4.78 is 16.7. The summed E-state index contributed by atoms with van der Waals surface area (Å²) in [6.45, 7) is 2.87. The van der Waals surface area contributed by atoms with Crippen molar-refractivity contribution in [3.05, 3.63) is 42.7 Å². The second kappa shape index (κ2) is 7.83. The third-order valence-corrected chi connectivity index (χ3v) is 3.97. The average Bonchev–Trinajstić information content (AvgIpc) is 3.11. The zero-order valence-electron chi connectivity index (χ0n) is 14.3. The summed E-state index contributed by atoms with van der Waals surface area (Å²) in [7, 11) is 1.52. The molecule has 0 saturated carbocycles. The fraction of sp³-hybridized carbons (Fsp3) is 0.389. The van der Waals surface area contributed by atoms with Crippen LogP contribution in [-0.2, 0) is 4.79 Å². The van der Waals surface area contributed by atoms with Crippen molar-refractivity contribution in [2.45, 2.75) is 25.6 Å². The molecular weight excluding hydrogens is 322 g/mol. The Morgan fingerprint density at radius 3 is 2.64 bits per heavy atom. The Balaban J connectivity index is 1.56. The highest BCUT2D eigenvalue weighted by atomic mass is 16.5. The van der Waals surface area contributed by atoms with E-state index in [1.165, 1.54) is 7.11 Å². The topological polar surface area (TPSA) is 73.8 Å². The molecule has 1 saturated heterocycles. The number of benzene rings is 1. The van der Waals surface area contributed by atoms with Gasteiger partial charge < -0.3 is 19.1 Å². The molecule has 1 aromatic carbocycles. The molecule has 2 atom stereocenters. The molecule has 1 aliphatic rings. The van der Waals surface area contributed by atoms with Crippen LogP contribution in [0.5, 0.6) is 17.5 Å². The van der Waals surface area contributed by atoms with Gasteiger partial charge in [0.15, 0.2) is 6.10 Å². The normalized spacial score (nSPS) is 17.8. The van der Waals surface area contributed by atoms with Crippen LogP contribution >= 0.6 is 0 Å². The van der Waals surface area contributed by atoms with Crippen molar-refractivity contribution in [1.82, 2.24) is 14.9 Å². The van der Waals surface area contributed by atoms with Crippen LogP contribution in [0.4, 0.5) is 0 Å². The van der Waals surface area contributed by atoms with Crippen molar-refractivity contribution in [2.24, 2.45) is 0 Å². The van der Waals surface area contributed by atoms with Gasteiger partial charge in [-0.15, -0.1) is 0 Å². The second-order valence-electron chi connectivity index (χ2n) is 5.76. The minimum Gasteiger partial charge on any atom is -0.481 e. The predicted octanol–water partition coefficient (Wildman–Crippen LogP) is 1.93. The molecule has 7 nitrogen and oxygen atoms in total.